The van der Waals surface area contributed by atoms with E-state index in [1.54, 1.807) is 7.11 Å². The molecule has 20 heavy (non-hydrogen) atoms. The largest absolute Gasteiger partial charge is 0.493 e. The maximum atomic E-state index is 10.7. The summed E-state index contributed by atoms with van der Waals surface area (Å²) in [6, 6.07) is 11.5. The van der Waals surface area contributed by atoms with E-state index in [4.69, 9.17) is 4.74 Å². The van der Waals surface area contributed by atoms with E-state index in [1.807, 2.05) is 60.2 Å². The number of fused-ring (bicyclic) bond motifs is 1. The molecule has 0 saturated heterocycles. The van der Waals surface area contributed by atoms with Crippen LogP contribution in [0.4, 0.5) is 0 Å². The number of pyridine rings is 1. The quantitative estimate of drug-likeness (QED) is 0.539. The highest BCUT2D eigenvalue weighted by Gasteiger charge is 2.16. The van der Waals surface area contributed by atoms with E-state index in [0.717, 1.165) is 28.9 Å². The van der Waals surface area contributed by atoms with Gasteiger partial charge in [-0.1, -0.05) is 12.1 Å². The Morgan fingerprint density at radius 1 is 1.10 bits per heavy atom. The maximum absolute atomic E-state index is 10.7. The van der Waals surface area contributed by atoms with Crippen LogP contribution in [0.1, 0.15) is 10.4 Å². The van der Waals surface area contributed by atoms with Gasteiger partial charge in [-0.3, -0.25) is 4.79 Å². The molecule has 2 aromatic heterocycles. The van der Waals surface area contributed by atoms with Gasteiger partial charge in [0.25, 0.3) is 5.65 Å². The highest BCUT2D eigenvalue weighted by Crippen LogP contribution is 2.20. The molecule has 0 aliphatic heterocycles. The zero-order valence-electron chi connectivity index (χ0n) is 11.4. The van der Waals surface area contributed by atoms with E-state index in [9.17, 15) is 4.79 Å². The summed E-state index contributed by atoms with van der Waals surface area (Å²) in [6.07, 6.45) is 4.84. The average molecular weight is 267 g/mol. The average Bonchev–Trinajstić information content (AvgIpc) is 2.84. The van der Waals surface area contributed by atoms with Gasteiger partial charge in [-0.15, -0.1) is 0 Å². The van der Waals surface area contributed by atoms with Crippen molar-refractivity contribution in [3.05, 3.63) is 54.4 Å². The first kappa shape index (κ1) is 12.4. The molecular weight excluding hydrogens is 252 g/mol. The SMILES string of the molecule is COc1ccc2n(C)c(-c3ccc(C=O)cc3)c[n+]2c1. The zero-order chi connectivity index (χ0) is 14.1. The second kappa shape index (κ2) is 4.81. The molecule has 1 aromatic carbocycles. The number of hydrogen-bond donors (Lipinski definition) is 0. The van der Waals surface area contributed by atoms with Crippen molar-refractivity contribution in [3.8, 4) is 17.0 Å². The number of benzene rings is 1. The van der Waals surface area contributed by atoms with Crippen LogP contribution in [-0.2, 0) is 7.05 Å². The summed E-state index contributed by atoms with van der Waals surface area (Å²) in [5.41, 5.74) is 3.90. The topological polar surface area (TPSA) is 35.3 Å². The fraction of sp³-hybridized carbons (Fsp3) is 0.125. The maximum Gasteiger partial charge on any atom is 0.286 e. The molecule has 0 aliphatic carbocycles. The zero-order valence-corrected chi connectivity index (χ0v) is 11.4. The van der Waals surface area contributed by atoms with Crippen LogP contribution >= 0.6 is 0 Å². The molecule has 2 heterocycles. The first-order valence-electron chi connectivity index (χ1n) is 6.33. The van der Waals surface area contributed by atoms with Crippen LogP contribution in [0.25, 0.3) is 16.9 Å². The fourth-order valence-corrected chi connectivity index (χ4v) is 2.34. The van der Waals surface area contributed by atoms with Gasteiger partial charge in [-0.25, -0.2) is 4.57 Å². The van der Waals surface area contributed by atoms with Crippen molar-refractivity contribution < 1.29 is 13.9 Å². The van der Waals surface area contributed by atoms with Crippen molar-refractivity contribution in [2.45, 2.75) is 0 Å². The fourth-order valence-electron chi connectivity index (χ4n) is 2.34. The van der Waals surface area contributed by atoms with Gasteiger partial charge in [0.05, 0.1) is 14.2 Å². The van der Waals surface area contributed by atoms with Gasteiger partial charge in [0.1, 0.15) is 18.7 Å². The monoisotopic (exact) mass is 267 g/mol. The first-order valence-corrected chi connectivity index (χ1v) is 6.33. The van der Waals surface area contributed by atoms with Crippen LogP contribution in [-0.4, -0.2) is 18.0 Å². The van der Waals surface area contributed by atoms with Gasteiger partial charge in [0.2, 0.25) is 0 Å². The van der Waals surface area contributed by atoms with Gasteiger partial charge in [-0.2, -0.15) is 4.40 Å². The lowest BCUT2D eigenvalue weighted by Crippen LogP contribution is -2.18. The lowest BCUT2D eigenvalue weighted by Gasteiger charge is -1.98. The van der Waals surface area contributed by atoms with Crippen molar-refractivity contribution in [2.24, 2.45) is 7.05 Å². The van der Waals surface area contributed by atoms with E-state index >= 15 is 0 Å². The molecule has 4 nitrogen and oxygen atoms in total. The molecule has 0 aliphatic rings. The molecule has 0 bridgehead atoms. The Morgan fingerprint density at radius 3 is 2.50 bits per heavy atom. The van der Waals surface area contributed by atoms with E-state index in [0.29, 0.717) is 5.56 Å². The van der Waals surface area contributed by atoms with Crippen LogP contribution in [0.2, 0.25) is 0 Å². The number of aromatic nitrogens is 2. The van der Waals surface area contributed by atoms with Crippen LogP contribution in [0.15, 0.2) is 48.8 Å². The molecule has 100 valence electrons. The molecule has 3 rings (SSSR count). The molecule has 0 saturated carbocycles. The molecule has 0 N–H and O–H groups in total. The molecule has 0 atom stereocenters. The molecule has 0 fully saturated rings. The molecule has 0 amide bonds. The van der Waals surface area contributed by atoms with Crippen molar-refractivity contribution in [2.75, 3.05) is 7.11 Å². The van der Waals surface area contributed by atoms with Gasteiger partial charge in [-0.05, 0) is 18.2 Å². The number of aryl methyl sites for hydroxylation is 1. The Hall–Kier alpha value is -2.62. The summed E-state index contributed by atoms with van der Waals surface area (Å²) in [5, 5.41) is 0. The number of ether oxygens (including phenoxy) is 1. The molecule has 4 heteroatoms. The second-order valence-corrected chi connectivity index (χ2v) is 4.65. The van der Waals surface area contributed by atoms with Gasteiger partial charge >= 0.3 is 0 Å². The molecule has 0 spiro atoms. The first-order chi connectivity index (χ1) is 9.72. The lowest BCUT2D eigenvalue weighted by molar-refractivity contribution is -0.510. The summed E-state index contributed by atoms with van der Waals surface area (Å²) in [6.45, 7) is 0. The summed E-state index contributed by atoms with van der Waals surface area (Å²) in [4.78, 5) is 10.7. The lowest BCUT2D eigenvalue weighted by atomic mass is 10.1. The minimum Gasteiger partial charge on any atom is -0.493 e. The van der Waals surface area contributed by atoms with E-state index in [-0.39, 0.29) is 0 Å². The van der Waals surface area contributed by atoms with Crippen LogP contribution in [0.5, 0.6) is 5.75 Å². The molecular formula is C16H15N2O2+. The number of nitrogens with zero attached hydrogens (tertiary/aromatic N) is 2. The van der Waals surface area contributed by atoms with E-state index in [1.165, 1.54) is 0 Å². The second-order valence-electron chi connectivity index (χ2n) is 4.65. The number of carbonyl (C=O) groups excluding carboxylic acids is 1. The summed E-state index contributed by atoms with van der Waals surface area (Å²) in [7, 11) is 3.68. The van der Waals surface area contributed by atoms with Crippen LogP contribution in [0.3, 0.4) is 0 Å². The van der Waals surface area contributed by atoms with Crippen molar-refractivity contribution in [1.82, 2.24) is 4.57 Å². The standard InChI is InChI=1S/C16H15N2O2/c1-17-15(13-5-3-12(11-19)4-6-13)10-18-9-14(20-2)7-8-16(17)18/h3-11H,1-2H3/q+1. The Bertz CT molecular complexity index is 773. The number of carbonyl (C=O) groups is 1. The van der Waals surface area contributed by atoms with Crippen LogP contribution < -0.4 is 9.14 Å². The number of aldehydes is 1. The Balaban J connectivity index is 2.15. The minimum absolute atomic E-state index is 0.682. The summed E-state index contributed by atoms with van der Waals surface area (Å²) >= 11 is 0. The number of rotatable bonds is 3. The van der Waals surface area contributed by atoms with Gasteiger partial charge < -0.3 is 4.74 Å². The minimum atomic E-state index is 0.682. The van der Waals surface area contributed by atoms with Crippen molar-refractivity contribution in [1.29, 1.82) is 0 Å². The summed E-state index contributed by atoms with van der Waals surface area (Å²) in [5.74, 6) is 0.816. The van der Waals surface area contributed by atoms with Crippen molar-refractivity contribution in [3.63, 3.8) is 0 Å². The Morgan fingerprint density at radius 2 is 1.85 bits per heavy atom. The third-order valence-corrected chi connectivity index (χ3v) is 3.47. The normalized spacial score (nSPS) is 10.7. The predicted molar refractivity (Wildman–Crippen MR) is 75.9 cm³/mol. The third kappa shape index (κ3) is 1.95. The highest BCUT2D eigenvalue weighted by molar-refractivity contribution is 5.76. The molecule has 3 aromatic rings. The number of hydrogen-bond acceptors (Lipinski definition) is 2. The smallest absolute Gasteiger partial charge is 0.286 e. The van der Waals surface area contributed by atoms with E-state index < -0.39 is 0 Å². The van der Waals surface area contributed by atoms with Gasteiger partial charge in [0, 0.05) is 17.2 Å². The van der Waals surface area contributed by atoms with E-state index in [2.05, 4.69) is 4.57 Å². The Labute approximate surface area is 116 Å². The number of imidazole rings is 1. The number of methoxy groups -OCH3 is 1. The molecule has 0 radical (unpaired) electrons. The van der Waals surface area contributed by atoms with Gasteiger partial charge in [0.15, 0.2) is 11.4 Å². The highest BCUT2D eigenvalue weighted by atomic mass is 16.5. The summed E-state index contributed by atoms with van der Waals surface area (Å²) < 4.78 is 9.37. The predicted octanol–water partition coefficient (Wildman–Crippen LogP) is 2.25. The van der Waals surface area contributed by atoms with Crippen LogP contribution in [0, 0.1) is 0 Å². The Kier molecular flexibility index (Phi) is 2.99. The van der Waals surface area contributed by atoms with Crippen molar-refractivity contribution >= 4 is 11.9 Å². The third-order valence-electron chi connectivity index (χ3n) is 3.47. The molecule has 0 unspecified atom stereocenters.